The summed E-state index contributed by atoms with van der Waals surface area (Å²) in [5, 5.41) is 0.905. The first-order valence-corrected chi connectivity index (χ1v) is 12.3. The van der Waals surface area contributed by atoms with Gasteiger partial charge >= 0.3 is 5.97 Å². The van der Waals surface area contributed by atoms with Gasteiger partial charge < -0.3 is 14.2 Å². The van der Waals surface area contributed by atoms with E-state index in [1.807, 2.05) is 0 Å². The van der Waals surface area contributed by atoms with Crippen molar-refractivity contribution in [3.8, 4) is 11.5 Å². The van der Waals surface area contributed by atoms with Crippen LogP contribution in [0.4, 0.5) is 0 Å². The number of hydrogen-bond donors (Lipinski definition) is 0. The molecule has 0 saturated carbocycles. The Morgan fingerprint density at radius 2 is 1.97 bits per heavy atom. The molecule has 3 aromatic rings. The molecule has 7 nitrogen and oxygen atoms in total. The van der Waals surface area contributed by atoms with Crippen LogP contribution in [-0.2, 0) is 9.53 Å². The maximum absolute atomic E-state index is 13.7. The molecule has 1 atom stereocenters. The van der Waals surface area contributed by atoms with E-state index in [0.29, 0.717) is 54.3 Å². The number of thiazole rings is 1. The predicted molar refractivity (Wildman–Crippen MR) is 141 cm³/mol. The maximum atomic E-state index is 13.7. The Morgan fingerprint density at radius 1 is 1.19 bits per heavy atom. The maximum Gasteiger partial charge on any atom is 0.338 e. The number of rotatable bonds is 7. The first kappa shape index (κ1) is 25.8. The molecular weight excluding hydrogens is 523 g/mol. The van der Waals surface area contributed by atoms with Crippen molar-refractivity contribution in [2.75, 3.05) is 20.8 Å². The zero-order valence-electron chi connectivity index (χ0n) is 19.7. The summed E-state index contributed by atoms with van der Waals surface area (Å²) in [5.41, 5.74) is 1.65. The van der Waals surface area contributed by atoms with Crippen LogP contribution in [-0.4, -0.2) is 31.4 Å². The minimum absolute atomic E-state index is 0.253. The zero-order chi connectivity index (χ0) is 26.0. The fourth-order valence-corrected chi connectivity index (χ4v) is 5.39. The van der Waals surface area contributed by atoms with Gasteiger partial charge in [0.15, 0.2) is 16.3 Å². The van der Waals surface area contributed by atoms with Crippen LogP contribution in [0.2, 0.25) is 10.0 Å². The molecule has 0 aliphatic carbocycles. The molecule has 0 bridgehead atoms. The second-order valence-corrected chi connectivity index (χ2v) is 9.60. The Bertz CT molecular complexity index is 1570. The van der Waals surface area contributed by atoms with E-state index in [2.05, 4.69) is 11.6 Å². The van der Waals surface area contributed by atoms with Gasteiger partial charge in [-0.3, -0.25) is 9.36 Å². The van der Waals surface area contributed by atoms with Crippen molar-refractivity contribution in [3.05, 3.63) is 101 Å². The van der Waals surface area contributed by atoms with Gasteiger partial charge in [0, 0.05) is 10.0 Å². The van der Waals surface area contributed by atoms with Crippen molar-refractivity contribution in [2.24, 2.45) is 4.99 Å². The molecule has 0 radical (unpaired) electrons. The van der Waals surface area contributed by atoms with Gasteiger partial charge in [-0.15, -0.1) is 0 Å². The summed E-state index contributed by atoms with van der Waals surface area (Å²) in [5.74, 6) is 0.372. The summed E-state index contributed by atoms with van der Waals surface area (Å²) < 4.78 is 18.1. The molecule has 36 heavy (non-hydrogen) atoms. The van der Waals surface area contributed by atoms with Gasteiger partial charge in [0.25, 0.3) is 5.56 Å². The van der Waals surface area contributed by atoms with Crippen molar-refractivity contribution in [1.82, 2.24) is 4.57 Å². The Kier molecular flexibility index (Phi) is 7.68. The highest BCUT2D eigenvalue weighted by Crippen LogP contribution is 2.36. The molecule has 1 aromatic heterocycles. The average Bonchev–Trinajstić information content (AvgIpc) is 3.17. The lowest BCUT2D eigenvalue weighted by Crippen LogP contribution is -2.39. The molecule has 0 fully saturated rings. The minimum atomic E-state index is -0.793. The average molecular weight is 545 g/mol. The standard InChI is InChI=1S/C26H22Cl2N2O5S/c1-5-10-35-19-9-7-16(11-20(19)33-3)23-22(25(32)34-4)14(2)29-26-30(23)24(31)21(36-26)12-15-6-8-17(27)13-18(15)28/h5-9,11-13,23H,1,10H2,2-4H3/b21-12-. The highest BCUT2D eigenvalue weighted by molar-refractivity contribution is 7.07. The minimum Gasteiger partial charge on any atom is -0.493 e. The van der Waals surface area contributed by atoms with E-state index in [4.69, 9.17) is 37.4 Å². The number of allylic oxidation sites excluding steroid dienone is 1. The molecule has 10 heteroatoms. The summed E-state index contributed by atoms with van der Waals surface area (Å²) >= 11 is 13.5. The molecule has 4 rings (SSSR count). The molecule has 0 spiro atoms. The number of carbonyl (C=O) groups is 1. The number of hydrogen-bond acceptors (Lipinski definition) is 7. The number of benzene rings is 2. The van der Waals surface area contributed by atoms with Crippen molar-refractivity contribution >= 4 is 46.6 Å². The lowest BCUT2D eigenvalue weighted by atomic mass is 9.95. The second-order valence-electron chi connectivity index (χ2n) is 7.75. The van der Waals surface area contributed by atoms with Crippen LogP contribution >= 0.6 is 34.5 Å². The van der Waals surface area contributed by atoms with Gasteiger partial charge in [0.1, 0.15) is 6.61 Å². The number of halogens is 2. The number of ether oxygens (including phenoxy) is 3. The smallest absolute Gasteiger partial charge is 0.338 e. The lowest BCUT2D eigenvalue weighted by molar-refractivity contribution is -0.136. The number of methoxy groups -OCH3 is 2. The highest BCUT2D eigenvalue weighted by Gasteiger charge is 2.33. The molecule has 0 amide bonds. The van der Waals surface area contributed by atoms with Gasteiger partial charge in [-0.1, -0.05) is 59.3 Å². The molecule has 2 aromatic carbocycles. The Hall–Kier alpha value is -3.33. The van der Waals surface area contributed by atoms with Crippen LogP contribution in [0.1, 0.15) is 24.1 Å². The summed E-state index contributed by atoms with van der Waals surface area (Å²) in [6.45, 7) is 5.67. The SMILES string of the molecule is C=CCOc1ccc(C2C(C(=O)OC)=C(C)N=c3s/c(=C\c4ccc(Cl)cc4Cl)c(=O)n32)cc1OC. The molecule has 2 heterocycles. The van der Waals surface area contributed by atoms with E-state index in [9.17, 15) is 9.59 Å². The number of carbonyl (C=O) groups excluding carboxylic acids is 1. The van der Waals surface area contributed by atoms with Crippen molar-refractivity contribution in [3.63, 3.8) is 0 Å². The van der Waals surface area contributed by atoms with Gasteiger partial charge in [0.2, 0.25) is 0 Å². The lowest BCUT2D eigenvalue weighted by Gasteiger charge is -2.25. The van der Waals surface area contributed by atoms with E-state index >= 15 is 0 Å². The number of fused-ring (bicyclic) bond motifs is 1. The molecule has 186 valence electrons. The summed E-state index contributed by atoms with van der Waals surface area (Å²) in [6, 6.07) is 9.48. The van der Waals surface area contributed by atoms with Crippen LogP contribution in [0.5, 0.6) is 11.5 Å². The zero-order valence-corrected chi connectivity index (χ0v) is 22.0. The molecule has 0 N–H and O–H groups in total. The Balaban J connectivity index is 1.95. The Morgan fingerprint density at radius 3 is 2.64 bits per heavy atom. The summed E-state index contributed by atoms with van der Waals surface area (Å²) in [6.07, 6.45) is 3.31. The fraction of sp³-hybridized carbons (Fsp3) is 0.192. The third-order valence-electron chi connectivity index (χ3n) is 5.54. The number of esters is 1. The molecule has 1 aliphatic heterocycles. The normalized spacial score (nSPS) is 15.2. The van der Waals surface area contributed by atoms with Crippen LogP contribution in [0.3, 0.4) is 0 Å². The molecule has 1 unspecified atom stereocenters. The van der Waals surface area contributed by atoms with E-state index in [-0.39, 0.29) is 11.1 Å². The third-order valence-corrected chi connectivity index (χ3v) is 7.08. The van der Waals surface area contributed by atoms with Gasteiger partial charge in [-0.2, -0.15) is 0 Å². The van der Waals surface area contributed by atoms with Crippen LogP contribution in [0.25, 0.3) is 6.08 Å². The largest absolute Gasteiger partial charge is 0.493 e. The molecule has 1 aliphatic rings. The fourth-order valence-electron chi connectivity index (χ4n) is 3.89. The third kappa shape index (κ3) is 4.84. The monoisotopic (exact) mass is 544 g/mol. The van der Waals surface area contributed by atoms with Gasteiger partial charge in [-0.05, 0) is 48.4 Å². The molecular formula is C26H22Cl2N2O5S. The first-order chi connectivity index (χ1) is 17.3. The van der Waals surface area contributed by atoms with Crippen LogP contribution < -0.4 is 24.4 Å². The topological polar surface area (TPSA) is 79.1 Å². The first-order valence-electron chi connectivity index (χ1n) is 10.8. The number of aromatic nitrogens is 1. The second kappa shape index (κ2) is 10.7. The van der Waals surface area contributed by atoms with E-state index in [1.165, 1.54) is 30.1 Å². The van der Waals surface area contributed by atoms with E-state index in [1.54, 1.807) is 55.5 Å². The Labute approximate surface area is 221 Å². The predicted octanol–water partition coefficient (Wildman–Crippen LogP) is 4.29. The van der Waals surface area contributed by atoms with Crippen molar-refractivity contribution in [2.45, 2.75) is 13.0 Å². The van der Waals surface area contributed by atoms with Crippen LogP contribution in [0, 0.1) is 0 Å². The number of nitrogens with zero attached hydrogens (tertiary/aromatic N) is 2. The van der Waals surface area contributed by atoms with E-state index in [0.717, 1.165) is 0 Å². The molecule has 0 saturated heterocycles. The highest BCUT2D eigenvalue weighted by atomic mass is 35.5. The quantitative estimate of drug-likeness (QED) is 0.327. The summed E-state index contributed by atoms with van der Waals surface area (Å²) in [4.78, 5) is 31.5. The van der Waals surface area contributed by atoms with Crippen LogP contribution in [0.15, 0.2) is 70.1 Å². The van der Waals surface area contributed by atoms with Gasteiger partial charge in [-0.25, -0.2) is 9.79 Å². The van der Waals surface area contributed by atoms with E-state index < -0.39 is 12.0 Å². The van der Waals surface area contributed by atoms with Gasteiger partial charge in [0.05, 0.1) is 36.1 Å². The van der Waals surface area contributed by atoms with Crippen molar-refractivity contribution < 1.29 is 19.0 Å². The van der Waals surface area contributed by atoms with Crippen molar-refractivity contribution in [1.29, 1.82) is 0 Å². The summed E-state index contributed by atoms with van der Waals surface area (Å²) in [7, 11) is 2.81.